The standard InChI is InChI=1S/C14H20BrNO/c1-3-13(9-16-12-6-7-12)17-14-8-11(15)5-4-10(14)2/h4-5,8,12-13,16H,3,6-7,9H2,1-2H3. The number of nitrogens with one attached hydrogen (secondary N) is 1. The molecule has 0 aliphatic heterocycles. The van der Waals surface area contributed by atoms with E-state index in [1.165, 1.54) is 18.4 Å². The van der Waals surface area contributed by atoms with Crippen LogP contribution in [-0.4, -0.2) is 18.7 Å². The number of ether oxygens (including phenoxy) is 1. The molecule has 0 radical (unpaired) electrons. The lowest BCUT2D eigenvalue weighted by atomic mass is 10.2. The third-order valence-corrected chi connectivity index (χ3v) is 3.60. The van der Waals surface area contributed by atoms with Gasteiger partial charge in [0.15, 0.2) is 0 Å². The number of rotatable bonds is 6. The van der Waals surface area contributed by atoms with E-state index in [2.05, 4.69) is 47.2 Å². The molecule has 1 fully saturated rings. The van der Waals surface area contributed by atoms with Crippen molar-refractivity contribution in [1.29, 1.82) is 0 Å². The highest BCUT2D eigenvalue weighted by molar-refractivity contribution is 9.10. The van der Waals surface area contributed by atoms with Crippen molar-refractivity contribution in [3.63, 3.8) is 0 Å². The Morgan fingerprint density at radius 3 is 2.88 bits per heavy atom. The van der Waals surface area contributed by atoms with Crippen LogP contribution in [-0.2, 0) is 0 Å². The topological polar surface area (TPSA) is 21.3 Å². The highest BCUT2D eigenvalue weighted by Crippen LogP contribution is 2.25. The maximum Gasteiger partial charge on any atom is 0.123 e. The van der Waals surface area contributed by atoms with Crippen LogP contribution in [0.4, 0.5) is 0 Å². The van der Waals surface area contributed by atoms with Crippen LogP contribution in [0, 0.1) is 6.92 Å². The van der Waals surface area contributed by atoms with Crippen molar-refractivity contribution < 1.29 is 4.74 Å². The molecule has 0 spiro atoms. The second-order valence-corrected chi connectivity index (χ2v) is 5.66. The molecule has 0 heterocycles. The van der Waals surface area contributed by atoms with Crippen LogP contribution < -0.4 is 10.1 Å². The predicted molar refractivity (Wildman–Crippen MR) is 74.6 cm³/mol. The molecule has 0 bridgehead atoms. The van der Waals surface area contributed by atoms with E-state index in [4.69, 9.17) is 4.74 Å². The molecule has 2 rings (SSSR count). The Labute approximate surface area is 112 Å². The Hall–Kier alpha value is -0.540. The Balaban J connectivity index is 1.93. The van der Waals surface area contributed by atoms with E-state index >= 15 is 0 Å². The minimum atomic E-state index is 0.267. The van der Waals surface area contributed by atoms with Crippen molar-refractivity contribution >= 4 is 15.9 Å². The van der Waals surface area contributed by atoms with Gasteiger partial charge in [0.1, 0.15) is 11.9 Å². The van der Waals surface area contributed by atoms with Crippen molar-refractivity contribution in [3.05, 3.63) is 28.2 Å². The molecule has 1 unspecified atom stereocenters. The fourth-order valence-electron chi connectivity index (χ4n) is 1.74. The molecular formula is C14H20BrNO. The molecule has 94 valence electrons. The van der Waals surface area contributed by atoms with E-state index in [1.54, 1.807) is 0 Å². The van der Waals surface area contributed by atoms with Gasteiger partial charge in [0, 0.05) is 17.1 Å². The summed E-state index contributed by atoms with van der Waals surface area (Å²) in [5.74, 6) is 0.990. The van der Waals surface area contributed by atoms with E-state index in [0.29, 0.717) is 0 Å². The molecular weight excluding hydrogens is 278 g/mol. The molecule has 1 aliphatic carbocycles. The zero-order chi connectivity index (χ0) is 12.3. The van der Waals surface area contributed by atoms with Gasteiger partial charge >= 0.3 is 0 Å². The van der Waals surface area contributed by atoms with Crippen LogP contribution >= 0.6 is 15.9 Å². The highest BCUT2D eigenvalue weighted by Gasteiger charge is 2.22. The Kier molecular flexibility index (Phi) is 4.46. The minimum absolute atomic E-state index is 0.267. The van der Waals surface area contributed by atoms with Gasteiger partial charge in [-0.15, -0.1) is 0 Å². The first kappa shape index (κ1) is 12.9. The first-order chi connectivity index (χ1) is 8.19. The summed E-state index contributed by atoms with van der Waals surface area (Å²) < 4.78 is 7.13. The molecule has 1 aromatic rings. The number of hydrogen-bond acceptors (Lipinski definition) is 2. The number of hydrogen-bond donors (Lipinski definition) is 1. The maximum absolute atomic E-state index is 6.06. The quantitative estimate of drug-likeness (QED) is 0.865. The van der Waals surface area contributed by atoms with Crippen LogP contribution in [0.25, 0.3) is 0 Å². The molecule has 17 heavy (non-hydrogen) atoms. The van der Waals surface area contributed by atoms with Gasteiger partial charge in [-0.25, -0.2) is 0 Å². The fraction of sp³-hybridized carbons (Fsp3) is 0.571. The fourth-order valence-corrected chi connectivity index (χ4v) is 2.08. The third-order valence-electron chi connectivity index (χ3n) is 3.11. The highest BCUT2D eigenvalue weighted by atomic mass is 79.9. The first-order valence-corrected chi connectivity index (χ1v) is 7.14. The van der Waals surface area contributed by atoms with Crippen LogP contribution in [0.1, 0.15) is 31.7 Å². The summed E-state index contributed by atoms with van der Waals surface area (Å²) >= 11 is 3.48. The molecule has 3 heteroatoms. The average Bonchev–Trinajstić information content (AvgIpc) is 3.12. The van der Waals surface area contributed by atoms with E-state index in [0.717, 1.165) is 29.2 Å². The Bertz CT molecular complexity index is 376. The van der Waals surface area contributed by atoms with Gasteiger partial charge in [-0.3, -0.25) is 0 Å². The predicted octanol–water partition coefficient (Wildman–Crippen LogP) is 3.67. The minimum Gasteiger partial charge on any atom is -0.489 e. The maximum atomic E-state index is 6.06. The zero-order valence-electron chi connectivity index (χ0n) is 10.5. The van der Waals surface area contributed by atoms with Gasteiger partial charge in [-0.2, -0.15) is 0 Å². The van der Waals surface area contributed by atoms with E-state index in [1.807, 2.05) is 6.07 Å². The van der Waals surface area contributed by atoms with Gasteiger partial charge in [0.05, 0.1) is 0 Å². The van der Waals surface area contributed by atoms with Gasteiger partial charge < -0.3 is 10.1 Å². The normalized spacial score (nSPS) is 16.9. The largest absolute Gasteiger partial charge is 0.489 e. The van der Waals surface area contributed by atoms with E-state index in [9.17, 15) is 0 Å². The molecule has 1 atom stereocenters. The van der Waals surface area contributed by atoms with Crippen LogP contribution in [0.15, 0.2) is 22.7 Å². The Morgan fingerprint density at radius 2 is 2.24 bits per heavy atom. The molecule has 0 saturated heterocycles. The van der Waals surface area contributed by atoms with Gasteiger partial charge in [-0.05, 0) is 43.9 Å². The second kappa shape index (κ2) is 5.87. The van der Waals surface area contributed by atoms with E-state index < -0.39 is 0 Å². The first-order valence-electron chi connectivity index (χ1n) is 6.35. The summed E-state index contributed by atoms with van der Waals surface area (Å²) in [5, 5.41) is 3.53. The van der Waals surface area contributed by atoms with E-state index in [-0.39, 0.29) is 6.10 Å². The monoisotopic (exact) mass is 297 g/mol. The number of aryl methyl sites for hydroxylation is 1. The second-order valence-electron chi connectivity index (χ2n) is 4.74. The average molecular weight is 298 g/mol. The third kappa shape index (κ3) is 4.00. The summed E-state index contributed by atoms with van der Waals surface area (Å²) in [7, 11) is 0. The molecule has 0 amide bonds. The summed E-state index contributed by atoms with van der Waals surface area (Å²) in [6.07, 6.45) is 3.95. The smallest absolute Gasteiger partial charge is 0.123 e. The van der Waals surface area contributed by atoms with Crippen molar-refractivity contribution in [3.8, 4) is 5.75 Å². The molecule has 1 saturated carbocycles. The Morgan fingerprint density at radius 1 is 1.47 bits per heavy atom. The number of benzene rings is 1. The lowest BCUT2D eigenvalue weighted by Crippen LogP contribution is -2.32. The lowest BCUT2D eigenvalue weighted by molar-refractivity contribution is 0.191. The summed E-state index contributed by atoms with van der Waals surface area (Å²) in [6.45, 7) is 5.21. The summed E-state index contributed by atoms with van der Waals surface area (Å²) in [6, 6.07) is 6.93. The molecule has 0 aromatic heterocycles. The molecule has 1 N–H and O–H groups in total. The van der Waals surface area contributed by atoms with Crippen LogP contribution in [0.5, 0.6) is 5.75 Å². The van der Waals surface area contributed by atoms with Gasteiger partial charge in [0.25, 0.3) is 0 Å². The SMILES string of the molecule is CCC(CNC1CC1)Oc1cc(Br)ccc1C. The van der Waals surface area contributed by atoms with Crippen LogP contribution in [0.3, 0.4) is 0 Å². The van der Waals surface area contributed by atoms with Gasteiger partial charge in [-0.1, -0.05) is 28.9 Å². The van der Waals surface area contributed by atoms with Crippen molar-refractivity contribution in [2.45, 2.75) is 45.3 Å². The molecule has 1 aromatic carbocycles. The van der Waals surface area contributed by atoms with Crippen molar-refractivity contribution in [2.75, 3.05) is 6.54 Å². The lowest BCUT2D eigenvalue weighted by Gasteiger charge is -2.19. The zero-order valence-corrected chi connectivity index (χ0v) is 12.1. The molecule has 1 aliphatic rings. The summed E-state index contributed by atoms with van der Waals surface area (Å²) in [4.78, 5) is 0. The van der Waals surface area contributed by atoms with Crippen molar-refractivity contribution in [1.82, 2.24) is 5.32 Å². The summed E-state index contributed by atoms with van der Waals surface area (Å²) in [5.41, 5.74) is 1.19. The molecule has 2 nitrogen and oxygen atoms in total. The van der Waals surface area contributed by atoms with Gasteiger partial charge in [0.2, 0.25) is 0 Å². The van der Waals surface area contributed by atoms with Crippen LogP contribution in [0.2, 0.25) is 0 Å². The number of halogens is 1. The van der Waals surface area contributed by atoms with Crippen molar-refractivity contribution in [2.24, 2.45) is 0 Å².